The van der Waals surface area contributed by atoms with Crippen molar-refractivity contribution in [2.24, 2.45) is 0 Å². The van der Waals surface area contributed by atoms with Crippen molar-refractivity contribution in [1.82, 2.24) is 14.9 Å². The average Bonchev–Trinajstić information content (AvgIpc) is 2.37. The summed E-state index contributed by atoms with van der Waals surface area (Å²) in [5, 5.41) is 0. The zero-order valence-electron chi connectivity index (χ0n) is 14.5. The minimum Gasteiger partial charge on any atom is -0.476 e. The van der Waals surface area contributed by atoms with E-state index in [1.165, 1.54) is 0 Å². The van der Waals surface area contributed by atoms with Crippen molar-refractivity contribution in [3.05, 3.63) is 11.4 Å². The van der Waals surface area contributed by atoms with E-state index in [9.17, 15) is 0 Å². The molecule has 5 heteroatoms. The molecule has 1 heterocycles. The van der Waals surface area contributed by atoms with Gasteiger partial charge in [0, 0.05) is 24.5 Å². The molecule has 0 atom stereocenters. The van der Waals surface area contributed by atoms with E-state index in [1.807, 2.05) is 20.8 Å². The van der Waals surface area contributed by atoms with Gasteiger partial charge in [-0.05, 0) is 34.6 Å². The first-order valence-corrected chi connectivity index (χ1v) is 7.76. The second kappa shape index (κ2) is 7.59. The highest BCUT2D eigenvalue weighted by Crippen LogP contribution is 2.22. The van der Waals surface area contributed by atoms with Crippen LogP contribution in [0.5, 0.6) is 5.88 Å². The fourth-order valence-electron chi connectivity index (χ4n) is 2.29. The summed E-state index contributed by atoms with van der Waals surface area (Å²) in [5.74, 6) is 2.09. The molecule has 0 aliphatic rings. The van der Waals surface area contributed by atoms with Crippen molar-refractivity contribution < 1.29 is 4.74 Å². The molecule has 0 spiro atoms. The summed E-state index contributed by atoms with van der Waals surface area (Å²) in [4.78, 5) is 11.2. The molecule has 0 saturated carbocycles. The lowest BCUT2D eigenvalue weighted by Crippen LogP contribution is -2.39. The molecule has 0 aliphatic heterocycles. The van der Waals surface area contributed by atoms with E-state index in [0.717, 1.165) is 17.9 Å². The number of nitrogens with zero attached hydrogens (tertiary/aromatic N) is 3. The van der Waals surface area contributed by atoms with Gasteiger partial charge in [-0.2, -0.15) is 4.98 Å². The van der Waals surface area contributed by atoms with Crippen molar-refractivity contribution in [3.63, 3.8) is 0 Å². The summed E-state index contributed by atoms with van der Waals surface area (Å²) in [7, 11) is 0. The van der Waals surface area contributed by atoms with Crippen LogP contribution in [0.2, 0.25) is 0 Å². The Balaban J connectivity index is 2.75. The molecular formula is C16H30N4O. The molecule has 120 valence electrons. The Morgan fingerprint density at radius 1 is 1.05 bits per heavy atom. The van der Waals surface area contributed by atoms with Crippen LogP contribution in [0.1, 0.15) is 58.8 Å². The van der Waals surface area contributed by atoms with Gasteiger partial charge in [0.1, 0.15) is 18.2 Å². The first-order chi connectivity index (χ1) is 9.73. The van der Waals surface area contributed by atoms with E-state index in [4.69, 9.17) is 10.5 Å². The number of nitrogens with two attached hydrogens (primary N) is 1. The molecule has 1 rings (SSSR count). The van der Waals surface area contributed by atoms with Gasteiger partial charge in [-0.1, -0.05) is 13.8 Å². The predicted molar refractivity (Wildman–Crippen MR) is 87.7 cm³/mol. The number of nitrogen functional groups attached to an aromatic ring is 1. The molecule has 0 unspecified atom stereocenters. The molecule has 0 bridgehead atoms. The fraction of sp³-hybridized carbons (Fsp3) is 0.750. The van der Waals surface area contributed by atoms with Gasteiger partial charge in [0.2, 0.25) is 5.88 Å². The van der Waals surface area contributed by atoms with Crippen molar-refractivity contribution in [1.29, 1.82) is 0 Å². The van der Waals surface area contributed by atoms with E-state index in [0.29, 0.717) is 30.4 Å². The zero-order valence-corrected chi connectivity index (χ0v) is 14.5. The summed E-state index contributed by atoms with van der Waals surface area (Å²) >= 11 is 0. The summed E-state index contributed by atoms with van der Waals surface area (Å²) < 4.78 is 5.87. The molecule has 0 saturated heterocycles. The Labute approximate surface area is 128 Å². The van der Waals surface area contributed by atoms with E-state index >= 15 is 0 Å². The van der Waals surface area contributed by atoms with Crippen LogP contribution >= 0.6 is 0 Å². The lowest BCUT2D eigenvalue weighted by atomic mass is 10.2. The zero-order chi connectivity index (χ0) is 16.2. The second-order valence-electron chi connectivity index (χ2n) is 6.33. The quantitative estimate of drug-likeness (QED) is 0.837. The van der Waals surface area contributed by atoms with Crippen LogP contribution in [0.15, 0.2) is 0 Å². The smallest absolute Gasteiger partial charge is 0.221 e. The van der Waals surface area contributed by atoms with E-state index < -0.39 is 0 Å². The van der Waals surface area contributed by atoms with Crippen LogP contribution in [-0.4, -0.2) is 40.1 Å². The maximum absolute atomic E-state index is 5.95. The van der Waals surface area contributed by atoms with Crippen molar-refractivity contribution in [3.8, 4) is 5.88 Å². The number of anilines is 1. The molecule has 0 radical (unpaired) electrons. The fourth-order valence-corrected chi connectivity index (χ4v) is 2.29. The largest absolute Gasteiger partial charge is 0.476 e. The minimum absolute atomic E-state index is 0.234. The number of rotatable bonds is 7. The number of ether oxygens (including phenoxy) is 1. The average molecular weight is 294 g/mol. The van der Waals surface area contributed by atoms with Gasteiger partial charge in [-0.25, -0.2) is 4.98 Å². The Morgan fingerprint density at radius 2 is 1.62 bits per heavy atom. The Morgan fingerprint density at radius 3 is 2.10 bits per heavy atom. The lowest BCUT2D eigenvalue weighted by Gasteiger charge is -2.30. The van der Waals surface area contributed by atoms with Crippen molar-refractivity contribution in [2.45, 2.75) is 66.5 Å². The maximum atomic E-state index is 5.95. The van der Waals surface area contributed by atoms with Crippen LogP contribution in [0.4, 0.5) is 5.82 Å². The molecule has 2 N–H and O–H groups in total. The van der Waals surface area contributed by atoms with Crippen molar-refractivity contribution in [2.75, 3.05) is 18.9 Å². The minimum atomic E-state index is 0.234. The van der Waals surface area contributed by atoms with Crippen LogP contribution in [-0.2, 0) is 0 Å². The van der Waals surface area contributed by atoms with Gasteiger partial charge >= 0.3 is 0 Å². The van der Waals surface area contributed by atoms with E-state index in [-0.39, 0.29) is 5.92 Å². The third kappa shape index (κ3) is 4.84. The van der Waals surface area contributed by atoms with Gasteiger partial charge in [0.05, 0.1) is 5.56 Å². The normalized spacial score (nSPS) is 12.0. The standard InChI is InChI=1S/C16H30N4O/c1-10(2)15-18-14(17)13(7)16(19-15)21-9-8-20(11(3)4)12(5)6/h10-12H,8-9H2,1-7H3,(H2,17,18,19). The lowest BCUT2D eigenvalue weighted by molar-refractivity contribution is 0.139. The van der Waals surface area contributed by atoms with Crippen molar-refractivity contribution >= 4 is 5.82 Å². The Hall–Kier alpha value is -1.36. The first-order valence-electron chi connectivity index (χ1n) is 7.76. The molecule has 0 fully saturated rings. The van der Waals surface area contributed by atoms with Gasteiger partial charge < -0.3 is 10.5 Å². The predicted octanol–water partition coefficient (Wildman–Crippen LogP) is 2.99. The van der Waals surface area contributed by atoms with Gasteiger partial charge in [-0.3, -0.25) is 4.90 Å². The molecule has 1 aromatic rings. The number of hydrogen-bond acceptors (Lipinski definition) is 5. The molecule has 0 amide bonds. The number of hydrogen-bond donors (Lipinski definition) is 1. The van der Waals surface area contributed by atoms with E-state index in [2.05, 4.69) is 42.6 Å². The molecular weight excluding hydrogens is 264 g/mol. The Bertz CT molecular complexity index is 450. The van der Waals surface area contributed by atoms with Crippen LogP contribution in [0, 0.1) is 6.92 Å². The Kier molecular flexibility index (Phi) is 6.40. The number of aromatic nitrogens is 2. The van der Waals surface area contributed by atoms with Crippen LogP contribution < -0.4 is 10.5 Å². The van der Waals surface area contributed by atoms with Crippen LogP contribution in [0.25, 0.3) is 0 Å². The molecule has 5 nitrogen and oxygen atoms in total. The highest BCUT2D eigenvalue weighted by molar-refractivity contribution is 5.44. The molecule has 0 aliphatic carbocycles. The highest BCUT2D eigenvalue weighted by Gasteiger charge is 2.15. The summed E-state index contributed by atoms with van der Waals surface area (Å²) in [5.41, 5.74) is 6.77. The monoisotopic (exact) mass is 294 g/mol. The summed E-state index contributed by atoms with van der Waals surface area (Å²) in [6.45, 7) is 16.3. The van der Waals surface area contributed by atoms with Crippen LogP contribution in [0.3, 0.4) is 0 Å². The maximum Gasteiger partial charge on any atom is 0.221 e. The van der Waals surface area contributed by atoms with Gasteiger partial charge in [-0.15, -0.1) is 0 Å². The SMILES string of the molecule is Cc1c(N)nc(C(C)C)nc1OCCN(C(C)C)C(C)C. The highest BCUT2D eigenvalue weighted by atomic mass is 16.5. The third-order valence-electron chi connectivity index (χ3n) is 3.59. The first kappa shape index (κ1) is 17.7. The molecule has 1 aromatic heterocycles. The van der Waals surface area contributed by atoms with Gasteiger partial charge in [0.25, 0.3) is 0 Å². The summed E-state index contributed by atoms with van der Waals surface area (Å²) in [6.07, 6.45) is 0. The second-order valence-corrected chi connectivity index (χ2v) is 6.33. The van der Waals surface area contributed by atoms with Gasteiger partial charge in [0.15, 0.2) is 0 Å². The molecule has 21 heavy (non-hydrogen) atoms. The summed E-state index contributed by atoms with van der Waals surface area (Å²) in [6, 6.07) is 0.993. The molecule has 0 aromatic carbocycles. The topological polar surface area (TPSA) is 64.3 Å². The van der Waals surface area contributed by atoms with E-state index in [1.54, 1.807) is 0 Å². The third-order valence-corrected chi connectivity index (χ3v) is 3.59.